The zero-order valence-electron chi connectivity index (χ0n) is 12.5. The fourth-order valence-electron chi connectivity index (χ4n) is 2.91. The molecule has 0 radical (unpaired) electrons. The molecule has 21 heavy (non-hydrogen) atoms. The van der Waals surface area contributed by atoms with Crippen molar-refractivity contribution in [2.24, 2.45) is 11.8 Å². The molecule has 0 saturated heterocycles. The van der Waals surface area contributed by atoms with Gasteiger partial charge < -0.3 is 5.32 Å². The van der Waals surface area contributed by atoms with Crippen molar-refractivity contribution in [3.05, 3.63) is 35.4 Å². The first kappa shape index (κ1) is 15.0. The topological polar surface area (TPSA) is 58.2 Å². The molecule has 0 spiro atoms. The number of hydrogen-bond acceptors (Lipinski definition) is 3. The molecule has 1 aromatic carbocycles. The lowest BCUT2D eigenvalue weighted by atomic mass is 10.1. The molecule has 0 heterocycles. The molecule has 0 atom stereocenters. The third kappa shape index (κ3) is 4.28. The SMILES string of the molecule is CNCc1ccc(CS(=O)(=O)NC(C2CC2)C2CC2)cc1. The van der Waals surface area contributed by atoms with Crippen molar-refractivity contribution in [3.8, 4) is 0 Å². The van der Waals surface area contributed by atoms with Crippen molar-refractivity contribution in [1.82, 2.24) is 10.0 Å². The Morgan fingerprint density at radius 2 is 1.57 bits per heavy atom. The second kappa shape index (κ2) is 6.07. The fraction of sp³-hybridized carbons (Fsp3) is 0.625. The summed E-state index contributed by atoms with van der Waals surface area (Å²) in [6.45, 7) is 0.802. The molecule has 2 saturated carbocycles. The van der Waals surface area contributed by atoms with Crippen LogP contribution in [0.3, 0.4) is 0 Å². The highest BCUT2D eigenvalue weighted by Gasteiger charge is 2.43. The van der Waals surface area contributed by atoms with E-state index in [4.69, 9.17) is 0 Å². The van der Waals surface area contributed by atoms with E-state index in [1.807, 2.05) is 31.3 Å². The van der Waals surface area contributed by atoms with E-state index in [1.54, 1.807) is 0 Å². The van der Waals surface area contributed by atoms with Gasteiger partial charge in [0.25, 0.3) is 0 Å². The molecule has 3 rings (SSSR count). The number of benzene rings is 1. The number of sulfonamides is 1. The Kier molecular flexibility index (Phi) is 4.33. The van der Waals surface area contributed by atoms with Crippen LogP contribution in [-0.2, 0) is 22.3 Å². The molecule has 5 heteroatoms. The van der Waals surface area contributed by atoms with E-state index < -0.39 is 10.0 Å². The van der Waals surface area contributed by atoms with E-state index >= 15 is 0 Å². The molecule has 1 aromatic rings. The van der Waals surface area contributed by atoms with Crippen LogP contribution in [0.25, 0.3) is 0 Å². The second-order valence-corrected chi connectivity index (χ2v) is 8.18. The molecule has 0 aliphatic heterocycles. The molecule has 4 nitrogen and oxygen atoms in total. The molecule has 2 aliphatic carbocycles. The van der Waals surface area contributed by atoms with Gasteiger partial charge in [-0.15, -0.1) is 0 Å². The zero-order chi connectivity index (χ0) is 14.9. The molecule has 0 amide bonds. The molecular formula is C16H24N2O2S. The maximum atomic E-state index is 12.4. The third-order valence-electron chi connectivity index (χ3n) is 4.34. The summed E-state index contributed by atoms with van der Waals surface area (Å²) in [7, 11) is -1.33. The van der Waals surface area contributed by atoms with E-state index in [2.05, 4.69) is 10.0 Å². The largest absolute Gasteiger partial charge is 0.316 e. The van der Waals surface area contributed by atoms with Crippen LogP contribution >= 0.6 is 0 Å². The second-order valence-electron chi connectivity index (χ2n) is 6.42. The Morgan fingerprint density at radius 1 is 1.05 bits per heavy atom. The first-order valence-electron chi connectivity index (χ1n) is 7.80. The summed E-state index contributed by atoms with van der Waals surface area (Å²) in [6.07, 6.45) is 4.73. The average Bonchev–Trinajstić information content (AvgIpc) is 3.31. The zero-order valence-corrected chi connectivity index (χ0v) is 13.3. The Morgan fingerprint density at radius 3 is 2.05 bits per heavy atom. The Hall–Kier alpha value is -0.910. The monoisotopic (exact) mass is 308 g/mol. The van der Waals surface area contributed by atoms with Crippen LogP contribution in [0.15, 0.2) is 24.3 Å². The number of hydrogen-bond donors (Lipinski definition) is 2. The van der Waals surface area contributed by atoms with Crippen LogP contribution in [0.2, 0.25) is 0 Å². The summed E-state index contributed by atoms with van der Waals surface area (Å²) in [5, 5.41) is 3.09. The lowest BCUT2D eigenvalue weighted by Gasteiger charge is -2.17. The van der Waals surface area contributed by atoms with Crippen molar-refractivity contribution >= 4 is 10.0 Å². The van der Waals surface area contributed by atoms with Gasteiger partial charge in [-0.3, -0.25) is 0 Å². The Labute approximate surface area is 127 Å². The van der Waals surface area contributed by atoms with Crippen LogP contribution in [0, 0.1) is 11.8 Å². The normalized spacial score (nSPS) is 19.1. The van der Waals surface area contributed by atoms with Gasteiger partial charge in [0, 0.05) is 12.6 Å². The number of rotatable bonds is 8. The van der Waals surface area contributed by atoms with Gasteiger partial charge in [0.05, 0.1) is 5.75 Å². The summed E-state index contributed by atoms with van der Waals surface area (Å²) in [6, 6.07) is 7.99. The van der Waals surface area contributed by atoms with E-state index in [0.717, 1.165) is 12.1 Å². The predicted octanol–water partition coefficient (Wildman–Crippen LogP) is 2.01. The van der Waals surface area contributed by atoms with Crippen LogP contribution in [-0.4, -0.2) is 21.5 Å². The quantitative estimate of drug-likeness (QED) is 0.772. The smallest absolute Gasteiger partial charge is 0.216 e. The molecule has 116 valence electrons. The Bertz CT molecular complexity index is 563. The summed E-state index contributed by atoms with van der Waals surface area (Å²) >= 11 is 0. The summed E-state index contributed by atoms with van der Waals surface area (Å²) in [5.74, 6) is 1.26. The van der Waals surface area contributed by atoms with Crippen molar-refractivity contribution in [3.63, 3.8) is 0 Å². The molecule has 2 N–H and O–H groups in total. The van der Waals surface area contributed by atoms with Gasteiger partial charge in [0.1, 0.15) is 0 Å². The van der Waals surface area contributed by atoms with Gasteiger partial charge in [-0.2, -0.15) is 0 Å². The van der Waals surface area contributed by atoms with Gasteiger partial charge in [-0.25, -0.2) is 13.1 Å². The molecular weight excluding hydrogens is 284 g/mol. The molecule has 0 bridgehead atoms. The minimum Gasteiger partial charge on any atom is -0.316 e. The molecule has 2 aliphatic rings. The molecule has 0 aromatic heterocycles. The lowest BCUT2D eigenvalue weighted by molar-refractivity contribution is 0.471. The highest BCUT2D eigenvalue weighted by atomic mass is 32.2. The van der Waals surface area contributed by atoms with Gasteiger partial charge in [-0.1, -0.05) is 24.3 Å². The summed E-state index contributed by atoms with van der Waals surface area (Å²) < 4.78 is 27.7. The van der Waals surface area contributed by atoms with E-state index in [9.17, 15) is 8.42 Å². The van der Waals surface area contributed by atoms with Crippen LogP contribution < -0.4 is 10.0 Å². The minimum absolute atomic E-state index is 0.0861. The van der Waals surface area contributed by atoms with Crippen LogP contribution in [0.4, 0.5) is 0 Å². The summed E-state index contributed by atoms with van der Waals surface area (Å²) in [4.78, 5) is 0. The summed E-state index contributed by atoms with van der Waals surface area (Å²) in [5.41, 5.74) is 2.02. The first-order valence-corrected chi connectivity index (χ1v) is 9.45. The molecule has 0 unspecified atom stereocenters. The highest BCUT2D eigenvalue weighted by Crippen LogP contribution is 2.44. The standard InChI is InChI=1S/C16H24N2O2S/c1-17-10-12-2-4-13(5-3-12)11-21(19,20)18-16(14-6-7-14)15-8-9-15/h2-5,14-18H,6-11H2,1H3. The first-order chi connectivity index (χ1) is 10.1. The molecule has 2 fully saturated rings. The van der Waals surface area contributed by atoms with E-state index in [0.29, 0.717) is 11.8 Å². The van der Waals surface area contributed by atoms with Gasteiger partial charge in [0.2, 0.25) is 10.0 Å². The predicted molar refractivity (Wildman–Crippen MR) is 84.2 cm³/mol. The minimum atomic E-state index is -3.23. The van der Waals surface area contributed by atoms with Gasteiger partial charge in [-0.05, 0) is 55.7 Å². The lowest BCUT2D eigenvalue weighted by Crippen LogP contribution is -2.38. The van der Waals surface area contributed by atoms with Crippen LogP contribution in [0.5, 0.6) is 0 Å². The highest BCUT2D eigenvalue weighted by molar-refractivity contribution is 7.88. The Balaban J connectivity index is 1.61. The van der Waals surface area contributed by atoms with Crippen molar-refractivity contribution < 1.29 is 8.42 Å². The van der Waals surface area contributed by atoms with Crippen molar-refractivity contribution in [2.45, 2.75) is 44.0 Å². The number of nitrogens with one attached hydrogen (secondary N) is 2. The van der Waals surface area contributed by atoms with Gasteiger partial charge >= 0.3 is 0 Å². The van der Waals surface area contributed by atoms with Crippen molar-refractivity contribution in [1.29, 1.82) is 0 Å². The van der Waals surface area contributed by atoms with Crippen LogP contribution in [0.1, 0.15) is 36.8 Å². The average molecular weight is 308 g/mol. The third-order valence-corrected chi connectivity index (χ3v) is 5.68. The maximum Gasteiger partial charge on any atom is 0.216 e. The van der Waals surface area contributed by atoms with Crippen molar-refractivity contribution in [2.75, 3.05) is 7.05 Å². The van der Waals surface area contributed by atoms with E-state index in [1.165, 1.54) is 31.2 Å². The maximum absolute atomic E-state index is 12.4. The fourth-order valence-corrected chi connectivity index (χ4v) is 4.43. The van der Waals surface area contributed by atoms with Gasteiger partial charge in [0.15, 0.2) is 0 Å². The van der Waals surface area contributed by atoms with E-state index in [-0.39, 0.29) is 11.8 Å².